The summed E-state index contributed by atoms with van der Waals surface area (Å²) in [6.07, 6.45) is 1.20. The molecule has 0 aromatic carbocycles. The zero-order chi connectivity index (χ0) is 17.7. The largest absolute Gasteiger partial charge is 0.383 e. The first-order chi connectivity index (χ1) is 11.4. The third-order valence-corrected chi connectivity index (χ3v) is 4.62. The molecule has 7 nitrogen and oxygen atoms in total. The maximum Gasteiger partial charge on any atom is 0.287 e. The second-order valence-corrected chi connectivity index (χ2v) is 6.25. The molecule has 0 unspecified atom stereocenters. The highest BCUT2D eigenvalue weighted by atomic mass is 32.2. The number of methoxy groups -OCH3 is 1. The van der Waals surface area contributed by atoms with E-state index in [1.165, 1.54) is 24.0 Å². The number of aromatic nitrogens is 2. The normalized spacial score (nSPS) is 10.8. The number of rotatable bonds is 8. The molecule has 0 aliphatic rings. The van der Waals surface area contributed by atoms with Crippen molar-refractivity contribution in [3.8, 4) is 0 Å². The van der Waals surface area contributed by atoms with Gasteiger partial charge in [-0.2, -0.15) is 0 Å². The number of Topliss-reactive ketones (excluding diaryl/α,β-unsaturated/α-hetero) is 1. The maximum absolute atomic E-state index is 12.5. The van der Waals surface area contributed by atoms with E-state index in [0.717, 1.165) is 11.4 Å². The summed E-state index contributed by atoms with van der Waals surface area (Å²) in [5.74, 6) is 0.247. The van der Waals surface area contributed by atoms with Crippen molar-refractivity contribution in [3.63, 3.8) is 0 Å². The molecule has 0 aliphatic heterocycles. The molecule has 0 spiro atoms. The van der Waals surface area contributed by atoms with Gasteiger partial charge in [-0.25, -0.2) is 4.98 Å². The number of hydrogen-bond acceptors (Lipinski definition) is 6. The van der Waals surface area contributed by atoms with Crippen molar-refractivity contribution in [2.75, 3.05) is 19.5 Å². The molecule has 0 N–H and O–H groups in total. The molecule has 24 heavy (non-hydrogen) atoms. The summed E-state index contributed by atoms with van der Waals surface area (Å²) in [7, 11) is 1.65. The van der Waals surface area contributed by atoms with Gasteiger partial charge in [-0.15, -0.1) is 0 Å². The monoisotopic (exact) mass is 349 g/mol. The Kier molecular flexibility index (Phi) is 6.10. The summed E-state index contributed by atoms with van der Waals surface area (Å²) in [6.45, 7) is 5.18. The molecule has 0 radical (unpaired) electrons. The van der Waals surface area contributed by atoms with E-state index in [9.17, 15) is 14.9 Å². The van der Waals surface area contributed by atoms with Crippen molar-refractivity contribution in [2.24, 2.45) is 0 Å². The van der Waals surface area contributed by atoms with E-state index < -0.39 is 4.92 Å². The number of aryl methyl sites for hydroxylation is 1. The molecule has 0 amide bonds. The molecular weight excluding hydrogens is 330 g/mol. The van der Waals surface area contributed by atoms with Gasteiger partial charge in [-0.1, -0.05) is 11.8 Å². The first-order valence-electron chi connectivity index (χ1n) is 7.36. The molecular formula is C16H19N3O4S. The third kappa shape index (κ3) is 4.21. The number of ether oxygens (including phenoxy) is 1. The van der Waals surface area contributed by atoms with Gasteiger partial charge in [-0.05, 0) is 26.0 Å². The van der Waals surface area contributed by atoms with Gasteiger partial charge in [0.1, 0.15) is 6.20 Å². The van der Waals surface area contributed by atoms with Crippen LogP contribution in [0.1, 0.15) is 21.7 Å². The van der Waals surface area contributed by atoms with Gasteiger partial charge >= 0.3 is 0 Å². The molecule has 0 fully saturated rings. The molecule has 0 saturated carbocycles. The van der Waals surface area contributed by atoms with Gasteiger partial charge in [-0.3, -0.25) is 14.9 Å². The van der Waals surface area contributed by atoms with E-state index in [4.69, 9.17) is 4.74 Å². The highest BCUT2D eigenvalue weighted by Crippen LogP contribution is 2.22. The number of carbonyl (C=O) groups is 1. The van der Waals surface area contributed by atoms with E-state index >= 15 is 0 Å². The van der Waals surface area contributed by atoms with Crippen LogP contribution in [-0.2, 0) is 11.3 Å². The quantitative estimate of drug-likeness (QED) is 0.315. The summed E-state index contributed by atoms with van der Waals surface area (Å²) in [4.78, 5) is 26.6. The smallest absolute Gasteiger partial charge is 0.287 e. The molecule has 2 aromatic rings. The van der Waals surface area contributed by atoms with E-state index in [0.29, 0.717) is 23.7 Å². The summed E-state index contributed by atoms with van der Waals surface area (Å²) in [6, 6.07) is 4.82. The fraction of sp³-hybridized carbons (Fsp3) is 0.375. The van der Waals surface area contributed by atoms with Crippen molar-refractivity contribution in [2.45, 2.75) is 25.4 Å². The zero-order valence-corrected chi connectivity index (χ0v) is 14.6. The van der Waals surface area contributed by atoms with Crippen LogP contribution in [0.2, 0.25) is 0 Å². The Morgan fingerprint density at radius 2 is 2.17 bits per heavy atom. The Morgan fingerprint density at radius 1 is 1.42 bits per heavy atom. The van der Waals surface area contributed by atoms with Crippen molar-refractivity contribution in [1.82, 2.24) is 9.55 Å². The zero-order valence-electron chi connectivity index (χ0n) is 13.8. The molecule has 0 saturated heterocycles. The number of carbonyl (C=O) groups excluding carboxylic acids is 1. The van der Waals surface area contributed by atoms with Gasteiger partial charge in [0.25, 0.3) is 5.69 Å². The highest BCUT2D eigenvalue weighted by Gasteiger charge is 2.16. The number of pyridine rings is 1. The van der Waals surface area contributed by atoms with Crippen molar-refractivity contribution < 1.29 is 14.5 Å². The minimum atomic E-state index is -0.499. The summed E-state index contributed by atoms with van der Waals surface area (Å²) < 4.78 is 7.15. The number of thioether (sulfide) groups is 1. The highest BCUT2D eigenvalue weighted by molar-refractivity contribution is 7.99. The van der Waals surface area contributed by atoms with Gasteiger partial charge in [0.2, 0.25) is 0 Å². The van der Waals surface area contributed by atoms with E-state index in [1.54, 1.807) is 13.2 Å². The molecule has 2 rings (SSSR count). The Bertz CT molecular complexity index is 741. The molecule has 0 aliphatic carbocycles. The van der Waals surface area contributed by atoms with Crippen molar-refractivity contribution in [3.05, 3.63) is 51.5 Å². The van der Waals surface area contributed by atoms with E-state index in [2.05, 4.69) is 9.55 Å². The van der Waals surface area contributed by atoms with Crippen LogP contribution >= 0.6 is 11.8 Å². The Labute approximate surface area is 144 Å². The first-order valence-corrected chi connectivity index (χ1v) is 8.34. The summed E-state index contributed by atoms with van der Waals surface area (Å²) in [5, 5.41) is 11.2. The van der Waals surface area contributed by atoms with Crippen molar-refractivity contribution in [1.29, 1.82) is 0 Å². The molecule has 128 valence electrons. The molecule has 2 heterocycles. The van der Waals surface area contributed by atoms with Crippen LogP contribution in [0.4, 0.5) is 5.69 Å². The Morgan fingerprint density at radius 3 is 2.75 bits per heavy atom. The van der Waals surface area contributed by atoms with Crippen LogP contribution in [0.5, 0.6) is 0 Å². The lowest BCUT2D eigenvalue weighted by molar-refractivity contribution is -0.385. The van der Waals surface area contributed by atoms with E-state index in [-0.39, 0.29) is 17.2 Å². The first kappa shape index (κ1) is 18.2. The van der Waals surface area contributed by atoms with Crippen LogP contribution in [0.3, 0.4) is 0 Å². The summed E-state index contributed by atoms with van der Waals surface area (Å²) in [5.41, 5.74) is 2.57. The Balaban J connectivity index is 2.03. The Hall–Kier alpha value is -2.19. The molecule has 2 aromatic heterocycles. The molecule has 0 bridgehead atoms. The number of nitro groups is 1. The van der Waals surface area contributed by atoms with Crippen LogP contribution in [0, 0.1) is 24.0 Å². The maximum atomic E-state index is 12.5. The fourth-order valence-corrected chi connectivity index (χ4v) is 3.12. The van der Waals surface area contributed by atoms with Gasteiger partial charge in [0.05, 0.1) is 22.3 Å². The molecule has 0 atom stereocenters. The van der Waals surface area contributed by atoms with Crippen LogP contribution in [0.15, 0.2) is 29.4 Å². The minimum Gasteiger partial charge on any atom is -0.383 e. The van der Waals surface area contributed by atoms with Gasteiger partial charge in [0.15, 0.2) is 5.78 Å². The van der Waals surface area contributed by atoms with Gasteiger partial charge in [0, 0.05) is 36.7 Å². The predicted molar refractivity (Wildman–Crippen MR) is 91.7 cm³/mol. The van der Waals surface area contributed by atoms with Crippen LogP contribution < -0.4 is 0 Å². The number of hydrogen-bond donors (Lipinski definition) is 0. The topological polar surface area (TPSA) is 87.3 Å². The lowest BCUT2D eigenvalue weighted by Crippen LogP contribution is -2.09. The summed E-state index contributed by atoms with van der Waals surface area (Å²) >= 11 is 1.27. The van der Waals surface area contributed by atoms with Gasteiger partial charge < -0.3 is 9.30 Å². The average molecular weight is 349 g/mol. The molecule has 8 heteroatoms. The second kappa shape index (κ2) is 8.07. The number of nitrogens with zero attached hydrogens (tertiary/aromatic N) is 3. The number of ketones is 1. The fourth-order valence-electron chi connectivity index (χ4n) is 2.39. The second-order valence-electron chi connectivity index (χ2n) is 5.25. The lowest BCUT2D eigenvalue weighted by atomic mass is 10.2. The average Bonchev–Trinajstić information content (AvgIpc) is 2.85. The third-order valence-electron chi connectivity index (χ3n) is 3.68. The minimum absolute atomic E-state index is 0.0110. The SMILES string of the molecule is COCCn1c(C)cc(C(=O)CSc2ccc([N+](=O)[O-])cn2)c1C. The van der Waals surface area contributed by atoms with E-state index in [1.807, 2.05) is 19.9 Å². The van der Waals surface area contributed by atoms with Crippen LogP contribution in [0.25, 0.3) is 0 Å². The van der Waals surface area contributed by atoms with Crippen LogP contribution in [-0.4, -0.2) is 39.7 Å². The van der Waals surface area contributed by atoms with Crippen molar-refractivity contribution >= 4 is 23.2 Å². The lowest BCUT2D eigenvalue weighted by Gasteiger charge is -2.08. The predicted octanol–water partition coefficient (Wildman–Crippen LogP) is 3.03. The standard InChI is InChI=1S/C16H19N3O4S/c1-11-8-14(12(2)18(11)6-7-23-3)15(20)10-24-16-5-4-13(9-17-16)19(21)22/h4-5,8-9H,6-7,10H2,1-3H3.